The maximum atomic E-state index is 12.8. The first-order valence-corrected chi connectivity index (χ1v) is 10.6. The number of nitrogens with zero attached hydrogens (tertiary/aromatic N) is 2. The lowest BCUT2D eigenvalue weighted by Crippen LogP contribution is -2.44. The van der Waals surface area contributed by atoms with E-state index in [-0.39, 0.29) is 17.9 Å². The third-order valence-electron chi connectivity index (χ3n) is 5.44. The Morgan fingerprint density at radius 1 is 1.07 bits per heavy atom. The van der Waals surface area contributed by atoms with E-state index in [4.69, 9.17) is 4.74 Å². The van der Waals surface area contributed by atoms with Gasteiger partial charge in [0.05, 0.1) is 12.6 Å². The lowest BCUT2D eigenvalue weighted by Gasteiger charge is -2.27. The SMILES string of the molecule is CCOc1ccc(NC(=O)C(C)N2CCCN(C(=O)c3cccc(C)c3)CC2)cc1. The largest absolute Gasteiger partial charge is 0.494 e. The van der Waals surface area contributed by atoms with E-state index in [2.05, 4.69) is 10.2 Å². The zero-order valence-electron chi connectivity index (χ0n) is 18.1. The predicted molar refractivity (Wildman–Crippen MR) is 119 cm³/mol. The molecular formula is C24H31N3O3. The molecule has 1 heterocycles. The van der Waals surface area contributed by atoms with E-state index >= 15 is 0 Å². The van der Waals surface area contributed by atoms with E-state index in [0.29, 0.717) is 26.2 Å². The van der Waals surface area contributed by atoms with Crippen molar-refractivity contribution in [3.63, 3.8) is 0 Å². The first-order chi connectivity index (χ1) is 14.5. The lowest BCUT2D eigenvalue weighted by atomic mass is 10.1. The van der Waals surface area contributed by atoms with Crippen molar-refractivity contribution in [1.82, 2.24) is 9.80 Å². The summed E-state index contributed by atoms with van der Waals surface area (Å²) in [7, 11) is 0. The van der Waals surface area contributed by atoms with Gasteiger partial charge in [0, 0.05) is 37.4 Å². The average Bonchev–Trinajstić information content (AvgIpc) is 3.00. The van der Waals surface area contributed by atoms with Crippen molar-refractivity contribution in [2.45, 2.75) is 33.2 Å². The van der Waals surface area contributed by atoms with E-state index in [1.165, 1.54) is 0 Å². The van der Waals surface area contributed by atoms with Crippen LogP contribution in [0.2, 0.25) is 0 Å². The van der Waals surface area contributed by atoms with Gasteiger partial charge in [0.15, 0.2) is 0 Å². The van der Waals surface area contributed by atoms with E-state index in [9.17, 15) is 9.59 Å². The van der Waals surface area contributed by atoms with Gasteiger partial charge in [-0.15, -0.1) is 0 Å². The Bertz CT molecular complexity index is 866. The molecule has 2 aromatic rings. The summed E-state index contributed by atoms with van der Waals surface area (Å²) < 4.78 is 5.44. The Morgan fingerprint density at radius 3 is 2.53 bits per heavy atom. The molecule has 6 heteroatoms. The summed E-state index contributed by atoms with van der Waals surface area (Å²) in [5.41, 5.74) is 2.56. The summed E-state index contributed by atoms with van der Waals surface area (Å²) in [6.45, 7) is 9.25. The Kier molecular flexibility index (Phi) is 7.46. The molecule has 0 saturated carbocycles. The number of aryl methyl sites for hydroxylation is 1. The minimum absolute atomic E-state index is 0.0439. The fraction of sp³-hybridized carbons (Fsp3) is 0.417. The van der Waals surface area contributed by atoms with E-state index < -0.39 is 0 Å². The third-order valence-corrected chi connectivity index (χ3v) is 5.44. The average molecular weight is 410 g/mol. The second-order valence-electron chi connectivity index (χ2n) is 7.67. The molecule has 1 atom stereocenters. The Hall–Kier alpha value is -2.86. The number of nitrogens with one attached hydrogen (secondary N) is 1. The van der Waals surface area contributed by atoms with Gasteiger partial charge in [0.1, 0.15) is 5.75 Å². The normalized spacial score (nSPS) is 15.9. The van der Waals surface area contributed by atoms with Crippen LogP contribution >= 0.6 is 0 Å². The van der Waals surface area contributed by atoms with Gasteiger partial charge in [-0.1, -0.05) is 17.7 Å². The highest BCUT2D eigenvalue weighted by molar-refractivity contribution is 5.95. The molecule has 1 aliphatic rings. The smallest absolute Gasteiger partial charge is 0.253 e. The van der Waals surface area contributed by atoms with Gasteiger partial charge in [-0.2, -0.15) is 0 Å². The molecule has 160 valence electrons. The van der Waals surface area contributed by atoms with Crippen LogP contribution in [0.25, 0.3) is 0 Å². The summed E-state index contributed by atoms with van der Waals surface area (Å²) >= 11 is 0. The van der Waals surface area contributed by atoms with Crippen molar-refractivity contribution in [2.24, 2.45) is 0 Å². The van der Waals surface area contributed by atoms with Crippen molar-refractivity contribution in [2.75, 3.05) is 38.1 Å². The van der Waals surface area contributed by atoms with Crippen molar-refractivity contribution >= 4 is 17.5 Å². The highest BCUT2D eigenvalue weighted by atomic mass is 16.5. The van der Waals surface area contributed by atoms with Gasteiger partial charge in [-0.3, -0.25) is 14.5 Å². The predicted octanol–water partition coefficient (Wildman–Crippen LogP) is 3.57. The number of hydrogen-bond donors (Lipinski definition) is 1. The van der Waals surface area contributed by atoms with Gasteiger partial charge in [0.2, 0.25) is 5.91 Å². The highest BCUT2D eigenvalue weighted by Gasteiger charge is 2.26. The Morgan fingerprint density at radius 2 is 1.83 bits per heavy atom. The summed E-state index contributed by atoms with van der Waals surface area (Å²) in [4.78, 5) is 29.6. The quantitative estimate of drug-likeness (QED) is 0.792. The number of carbonyl (C=O) groups is 2. The zero-order chi connectivity index (χ0) is 21.5. The van der Waals surface area contributed by atoms with Crippen LogP contribution in [0, 0.1) is 6.92 Å². The molecule has 3 rings (SSSR count). The molecule has 1 aliphatic heterocycles. The monoisotopic (exact) mass is 409 g/mol. The van der Waals surface area contributed by atoms with E-state index in [0.717, 1.165) is 35.5 Å². The van der Waals surface area contributed by atoms with Crippen molar-refractivity contribution < 1.29 is 14.3 Å². The minimum Gasteiger partial charge on any atom is -0.494 e. The number of ether oxygens (including phenoxy) is 1. The number of hydrogen-bond acceptors (Lipinski definition) is 4. The van der Waals surface area contributed by atoms with Crippen molar-refractivity contribution in [1.29, 1.82) is 0 Å². The van der Waals surface area contributed by atoms with Crippen LogP contribution in [0.3, 0.4) is 0 Å². The highest BCUT2D eigenvalue weighted by Crippen LogP contribution is 2.17. The summed E-state index contributed by atoms with van der Waals surface area (Å²) in [5, 5.41) is 2.98. The van der Waals surface area contributed by atoms with E-state index in [1.807, 2.05) is 74.2 Å². The molecule has 6 nitrogen and oxygen atoms in total. The molecule has 1 unspecified atom stereocenters. The molecule has 1 saturated heterocycles. The molecule has 30 heavy (non-hydrogen) atoms. The van der Waals surface area contributed by atoms with Gasteiger partial charge in [-0.25, -0.2) is 0 Å². The van der Waals surface area contributed by atoms with Crippen molar-refractivity contribution in [3.8, 4) is 5.75 Å². The van der Waals surface area contributed by atoms with Crippen molar-refractivity contribution in [3.05, 3.63) is 59.7 Å². The van der Waals surface area contributed by atoms with Gasteiger partial charge >= 0.3 is 0 Å². The summed E-state index contributed by atoms with van der Waals surface area (Å²) in [6.07, 6.45) is 0.845. The molecule has 0 aliphatic carbocycles. The molecule has 0 bridgehead atoms. The second kappa shape index (κ2) is 10.3. The fourth-order valence-electron chi connectivity index (χ4n) is 3.70. The molecule has 1 fully saturated rings. The van der Waals surface area contributed by atoms with E-state index in [1.54, 1.807) is 0 Å². The number of anilines is 1. The number of amides is 2. The van der Waals surface area contributed by atoms with Gasteiger partial charge in [-0.05, 0) is 63.6 Å². The summed E-state index contributed by atoms with van der Waals surface area (Å²) in [5.74, 6) is 0.805. The fourth-order valence-corrected chi connectivity index (χ4v) is 3.70. The molecule has 2 aromatic carbocycles. The maximum Gasteiger partial charge on any atom is 0.253 e. The van der Waals surface area contributed by atoms with Crippen LogP contribution in [-0.4, -0.2) is 60.4 Å². The molecule has 0 radical (unpaired) electrons. The van der Waals surface area contributed by atoms with Gasteiger partial charge in [0.25, 0.3) is 5.91 Å². The zero-order valence-corrected chi connectivity index (χ0v) is 18.1. The lowest BCUT2D eigenvalue weighted by molar-refractivity contribution is -0.120. The molecular weight excluding hydrogens is 378 g/mol. The second-order valence-corrected chi connectivity index (χ2v) is 7.67. The van der Waals surface area contributed by atoms with Crippen LogP contribution in [0.4, 0.5) is 5.69 Å². The summed E-state index contributed by atoms with van der Waals surface area (Å²) in [6, 6.07) is 14.8. The Balaban J connectivity index is 1.56. The molecule has 2 amide bonds. The van der Waals surface area contributed by atoms with Crippen LogP contribution in [0.5, 0.6) is 5.75 Å². The molecule has 0 aromatic heterocycles. The molecule has 1 N–H and O–H groups in total. The first kappa shape index (κ1) is 21.8. The standard InChI is InChI=1S/C24H31N3O3/c1-4-30-22-11-9-21(10-12-22)25-23(28)19(3)26-13-6-14-27(16-15-26)24(29)20-8-5-7-18(2)17-20/h5,7-12,17,19H,4,6,13-16H2,1-3H3,(H,25,28). The Labute approximate surface area is 178 Å². The first-order valence-electron chi connectivity index (χ1n) is 10.6. The number of benzene rings is 2. The van der Waals surface area contributed by atoms with Crippen LogP contribution in [-0.2, 0) is 4.79 Å². The maximum absolute atomic E-state index is 12.8. The third kappa shape index (κ3) is 5.60. The number of rotatable bonds is 6. The number of carbonyl (C=O) groups excluding carboxylic acids is 2. The topological polar surface area (TPSA) is 61.9 Å². The van der Waals surface area contributed by atoms with Crippen LogP contribution < -0.4 is 10.1 Å². The molecule has 0 spiro atoms. The van der Waals surface area contributed by atoms with Crippen LogP contribution in [0.1, 0.15) is 36.2 Å². The van der Waals surface area contributed by atoms with Crippen LogP contribution in [0.15, 0.2) is 48.5 Å². The van der Waals surface area contributed by atoms with Gasteiger partial charge < -0.3 is 15.0 Å². The minimum atomic E-state index is -0.273.